The van der Waals surface area contributed by atoms with Gasteiger partial charge in [-0.15, -0.1) is 0 Å². The van der Waals surface area contributed by atoms with Crippen molar-refractivity contribution in [3.8, 4) is 11.5 Å². The van der Waals surface area contributed by atoms with Crippen LogP contribution in [0.15, 0.2) is 169 Å². The van der Waals surface area contributed by atoms with Crippen molar-refractivity contribution in [2.24, 2.45) is 11.8 Å². The normalized spacial score (nSPS) is 17.4. The topological polar surface area (TPSA) is 71.1 Å². The van der Waals surface area contributed by atoms with Gasteiger partial charge in [0.1, 0.15) is 11.5 Å². The van der Waals surface area contributed by atoms with Gasteiger partial charge in [0.05, 0.1) is 25.0 Å². The van der Waals surface area contributed by atoms with Gasteiger partial charge in [-0.25, -0.2) is 0 Å². The van der Waals surface area contributed by atoms with E-state index in [0.29, 0.717) is 42.8 Å². The van der Waals surface area contributed by atoms with Crippen LogP contribution in [0, 0.1) is 11.8 Å². The summed E-state index contributed by atoms with van der Waals surface area (Å²) >= 11 is 9.88. The van der Waals surface area contributed by atoms with Gasteiger partial charge >= 0.3 is 17.7 Å². The fourth-order valence-electron chi connectivity index (χ4n) is 7.24. The Bertz CT molecular complexity index is 2080. The SMILES string of the molecule is O=C(OC1(OC(=O)C(CCOc2ccccc2)CC(S)c2ccccc2)C=CC=C2C1=Cc1ccccc12)C(CCOc1ccccc1)CC(S)c1ccccc1. The van der Waals surface area contributed by atoms with Crippen LogP contribution in [0.1, 0.15) is 58.4 Å². The van der Waals surface area contributed by atoms with Crippen LogP contribution in [0.4, 0.5) is 0 Å². The average Bonchev–Trinajstić information content (AvgIpc) is 3.64. The summed E-state index contributed by atoms with van der Waals surface area (Å²) in [7, 11) is 0. The summed E-state index contributed by atoms with van der Waals surface area (Å²) in [5.74, 6) is -2.75. The fraction of sp³-hybridized carbons (Fsp3) is 0.224. The Morgan fingerprint density at radius 3 is 1.49 bits per heavy atom. The molecule has 7 rings (SSSR count). The highest BCUT2D eigenvalue weighted by molar-refractivity contribution is 7.80. The molecule has 0 N–H and O–H groups in total. The zero-order valence-corrected chi connectivity index (χ0v) is 33.4. The number of rotatable bonds is 18. The van der Waals surface area contributed by atoms with Gasteiger partial charge in [0, 0.05) is 22.1 Å². The smallest absolute Gasteiger partial charge is 0.312 e. The number of allylic oxidation sites excluding steroid dienone is 2. The molecular weight excluding hydrogens is 749 g/mol. The Labute approximate surface area is 346 Å². The van der Waals surface area contributed by atoms with E-state index in [9.17, 15) is 9.59 Å². The van der Waals surface area contributed by atoms with Crippen molar-refractivity contribution in [2.45, 2.75) is 42.0 Å². The molecule has 0 heterocycles. The van der Waals surface area contributed by atoms with Gasteiger partial charge in [-0.2, -0.15) is 25.3 Å². The van der Waals surface area contributed by atoms with Crippen LogP contribution in [0.2, 0.25) is 0 Å². The zero-order chi connectivity index (χ0) is 39.5. The lowest BCUT2D eigenvalue weighted by Crippen LogP contribution is -2.44. The minimum Gasteiger partial charge on any atom is -0.494 e. The highest BCUT2D eigenvalue weighted by Crippen LogP contribution is 2.47. The van der Waals surface area contributed by atoms with Gasteiger partial charge in [-0.3, -0.25) is 9.59 Å². The molecule has 0 spiro atoms. The lowest BCUT2D eigenvalue weighted by atomic mass is 9.90. The second-order valence-electron chi connectivity index (χ2n) is 14.2. The standard InChI is InChI=1S/C49H46O6S2/c50-47(38(27-30-52-40-21-9-3-10-22-40)33-45(56)35-16-5-1-6-17-35)54-49(29-15-26-43-42-25-14-13-20-37(42)32-44(43)49)55-48(51)39(28-31-53-41-23-11-4-12-24-41)34-46(57)36-18-7-2-8-19-36/h1-26,29,32,38-39,45-46,56-57H,27-28,30-31,33-34H2. The van der Waals surface area contributed by atoms with Crippen molar-refractivity contribution < 1.29 is 28.5 Å². The van der Waals surface area contributed by atoms with E-state index in [1.807, 2.05) is 158 Å². The van der Waals surface area contributed by atoms with E-state index in [0.717, 1.165) is 27.8 Å². The number of para-hydroxylation sites is 2. The minimum absolute atomic E-state index is 0.259. The van der Waals surface area contributed by atoms with E-state index in [-0.39, 0.29) is 23.7 Å². The summed E-state index contributed by atoms with van der Waals surface area (Å²) in [4.78, 5) is 29.4. The van der Waals surface area contributed by atoms with Crippen LogP contribution in [-0.2, 0) is 19.1 Å². The maximum absolute atomic E-state index is 14.7. The van der Waals surface area contributed by atoms with Crippen molar-refractivity contribution in [3.63, 3.8) is 0 Å². The number of hydrogen-bond donors (Lipinski definition) is 2. The summed E-state index contributed by atoms with van der Waals surface area (Å²) in [5.41, 5.74) is 5.30. The van der Waals surface area contributed by atoms with E-state index in [2.05, 4.69) is 0 Å². The molecule has 2 aliphatic rings. The van der Waals surface area contributed by atoms with Crippen LogP contribution in [0.3, 0.4) is 0 Å². The maximum atomic E-state index is 14.7. The predicted molar refractivity (Wildman–Crippen MR) is 232 cm³/mol. The molecule has 5 aromatic rings. The highest BCUT2D eigenvalue weighted by Gasteiger charge is 2.48. The first kappa shape index (κ1) is 39.8. The second kappa shape index (κ2) is 19.1. The molecule has 0 saturated heterocycles. The van der Waals surface area contributed by atoms with Crippen LogP contribution in [0.25, 0.3) is 11.6 Å². The van der Waals surface area contributed by atoms with Crippen LogP contribution in [0.5, 0.6) is 11.5 Å². The molecule has 290 valence electrons. The van der Waals surface area contributed by atoms with Gasteiger partial charge in [0.15, 0.2) is 0 Å². The van der Waals surface area contributed by atoms with Crippen molar-refractivity contribution in [1.82, 2.24) is 0 Å². The van der Waals surface area contributed by atoms with E-state index >= 15 is 0 Å². The van der Waals surface area contributed by atoms with E-state index < -0.39 is 29.6 Å². The van der Waals surface area contributed by atoms with Gasteiger partial charge in [0.2, 0.25) is 0 Å². The van der Waals surface area contributed by atoms with Crippen molar-refractivity contribution in [2.75, 3.05) is 13.2 Å². The Morgan fingerprint density at radius 2 is 1.00 bits per heavy atom. The Kier molecular flexibility index (Phi) is 13.4. The molecular formula is C49H46O6S2. The van der Waals surface area contributed by atoms with Crippen molar-refractivity contribution in [3.05, 3.63) is 192 Å². The molecule has 57 heavy (non-hydrogen) atoms. The van der Waals surface area contributed by atoms with Crippen molar-refractivity contribution >= 4 is 48.8 Å². The number of benzene rings is 5. The van der Waals surface area contributed by atoms with Gasteiger partial charge in [0.25, 0.3) is 0 Å². The third-order valence-corrected chi connectivity index (χ3v) is 11.3. The molecule has 4 unspecified atom stereocenters. The fourth-order valence-corrected chi connectivity index (χ4v) is 8.09. The molecule has 0 radical (unpaired) electrons. The molecule has 0 saturated carbocycles. The summed E-state index contributed by atoms with van der Waals surface area (Å²) in [6.07, 6.45) is 8.83. The van der Waals surface area contributed by atoms with Crippen LogP contribution >= 0.6 is 25.3 Å². The molecule has 5 aromatic carbocycles. The maximum Gasteiger partial charge on any atom is 0.312 e. The number of thiol groups is 2. The first-order chi connectivity index (χ1) is 27.9. The van der Waals surface area contributed by atoms with Gasteiger partial charge < -0.3 is 18.9 Å². The molecule has 0 aliphatic heterocycles. The second-order valence-corrected chi connectivity index (χ2v) is 15.5. The van der Waals surface area contributed by atoms with Crippen LogP contribution in [-0.4, -0.2) is 30.9 Å². The summed E-state index contributed by atoms with van der Waals surface area (Å²) in [5, 5.41) is -0.517. The van der Waals surface area contributed by atoms with Gasteiger partial charge in [-0.05, 0) is 83.9 Å². The minimum atomic E-state index is -1.84. The largest absolute Gasteiger partial charge is 0.494 e. The van der Waals surface area contributed by atoms with Crippen molar-refractivity contribution in [1.29, 1.82) is 0 Å². The molecule has 8 heteroatoms. The first-order valence-corrected chi connectivity index (χ1v) is 20.4. The van der Waals surface area contributed by atoms with E-state index in [1.165, 1.54) is 0 Å². The van der Waals surface area contributed by atoms with Gasteiger partial charge in [-0.1, -0.05) is 133 Å². The van der Waals surface area contributed by atoms with E-state index in [1.54, 1.807) is 12.2 Å². The molecule has 2 aliphatic carbocycles. The Hall–Kier alpha value is -5.44. The lowest BCUT2D eigenvalue weighted by Gasteiger charge is -2.36. The Balaban J connectivity index is 1.18. The third kappa shape index (κ3) is 10.1. The number of hydrogen-bond acceptors (Lipinski definition) is 8. The van der Waals surface area contributed by atoms with E-state index in [4.69, 9.17) is 44.2 Å². The number of carbonyl (C=O) groups excluding carboxylic acids is 2. The molecule has 0 amide bonds. The summed E-state index contributed by atoms with van der Waals surface area (Å²) < 4.78 is 25.3. The zero-order valence-electron chi connectivity index (χ0n) is 31.6. The molecule has 0 fully saturated rings. The predicted octanol–water partition coefficient (Wildman–Crippen LogP) is 11.1. The molecule has 0 bridgehead atoms. The molecule has 6 nitrogen and oxygen atoms in total. The third-order valence-electron chi connectivity index (χ3n) is 10.3. The monoisotopic (exact) mass is 794 g/mol. The molecule has 4 atom stereocenters. The molecule has 0 aromatic heterocycles. The number of fused-ring (bicyclic) bond motifs is 3. The first-order valence-electron chi connectivity index (χ1n) is 19.4. The van der Waals surface area contributed by atoms with Crippen LogP contribution < -0.4 is 9.47 Å². The summed E-state index contributed by atoms with van der Waals surface area (Å²) in [6.45, 7) is 0.542. The number of esters is 2. The quantitative estimate of drug-likeness (QED) is 0.0523. The average molecular weight is 795 g/mol. The highest BCUT2D eigenvalue weighted by atomic mass is 32.1. The number of carbonyl (C=O) groups is 2. The number of ether oxygens (including phenoxy) is 4. The summed E-state index contributed by atoms with van der Waals surface area (Å²) in [6, 6.07) is 46.7. The lowest BCUT2D eigenvalue weighted by molar-refractivity contribution is -0.206. The Morgan fingerprint density at radius 1 is 0.561 bits per heavy atom.